The van der Waals surface area contributed by atoms with Crippen molar-refractivity contribution in [1.82, 2.24) is 15.5 Å². The number of aliphatic hydroxyl groups excluding tert-OH is 1. The van der Waals surface area contributed by atoms with Gasteiger partial charge in [0.15, 0.2) is 6.10 Å². The van der Waals surface area contributed by atoms with Gasteiger partial charge in [0, 0.05) is 50.4 Å². The number of halogens is 1. The number of allylic oxidation sites excluding steroid dienone is 4. The number of nitrogens with one attached hydrogen (secondary N) is 2. The van der Waals surface area contributed by atoms with Gasteiger partial charge in [0.1, 0.15) is 6.10 Å². The lowest BCUT2D eigenvalue weighted by molar-refractivity contribution is -0.120. The van der Waals surface area contributed by atoms with Gasteiger partial charge in [-0.15, -0.1) is 12.4 Å². The topological polar surface area (TPSA) is 170 Å². The average molecular weight is 653 g/mol. The van der Waals surface area contributed by atoms with Gasteiger partial charge in [0.25, 0.3) is 5.91 Å². The molecule has 1 unspecified atom stereocenters. The molecule has 0 radical (unpaired) electrons. The molecule has 2 rings (SSSR count). The van der Waals surface area contributed by atoms with Crippen LogP contribution in [-0.2, 0) is 28.6 Å². The van der Waals surface area contributed by atoms with E-state index in [1.807, 2.05) is 32.8 Å². The zero-order valence-corrected chi connectivity index (χ0v) is 28.2. The number of rotatable bonds is 7. The summed E-state index contributed by atoms with van der Waals surface area (Å²) in [5.41, 5.74) is 6.55. The van der Waals surface area contributed by atoms with E-state index < -0.39 is 53.9 Å². The van der Waals surface area contributed by atoms with Gasteiger partial charge < -0.3 is 40.6 Å². The zero-order chi connectivity index (χ0) is 33.1. The Morgan fingerprint density at radius 3 is 2.40 bits per heavy atom. The van der Waals surface area contributed by atoms with Gasteiger partial charge in [-0.3, -0.25) is 14.4 Å². The van der Waals surface area contributed by atoms with Crippen LogP contribution in [0, 0.1) is 11.8 Å². The summed E-state index contributed by atoms with van der Waals surface area (Å²) < 4.78 is 16.6. The Morgan fingerprint density at radius 1 is 1.16 bits per heavy atom. The first-order valence-corrected chi connectivity index (χ1v) is 14.7. The lowest BCUT2D eigenvalue weighted by Crippen LogP contribution is -2.38. The standard InChI is InChI=1S/C32H48N4O8.ClH/c1-18-14-22-27(34-12-13-36(5)6)24(37)17-23(29(22)39)35-31(40)19(2)10-9-11-25(42-7)30(44-32(33)41)21(4)16-20(3)28(38)26(15-18)43-8;/h9-11,16-18,20,25-26,28,30,34,38H,12-15H2,1-8H3,(H2,33,41)(H,35,40);1H/b11-9-,19-10+,21-16+;/t18-,20+,25+,26+,28-,30?;/m1./s1. The molecule has 2 bridgehead atoms. The number of ether oxygens (including phenoxy) is 3. The highest BCUT2D eigenvalue weighted by Crippen LogP contribution is 2.28. The molecule has 0 saturated heterocycles. The van der Waals surface area contributed by atoms with Crippen LogP contribution in [0.3, 0.4) is 0 Å². The van der Waals surface area contributed by atoms with E-state index in [1.165, 1.54) is 20.3 Å². The summed E-state index contributed by atoms with van der Waals surface area (Å²) in [7, 11) is 6.74. The third kappa shape index (κ3) is 11.5. The fourth-order valence-electron chi connectivity index (χ4n) is 5.18. The Hall–Kier alpha value is -3.29. The molecule has 13 heteroatoms. The second-order valence-electron chi connectivity index (χ2n) is 11.7. The van der Waals surface area contributed by atoms with Gasteiger partial charge in [-0.1, -0.05) is 38.2 Å². The van der Waals surface area contributed by atoms with Gasteiger partial charge >= 0.3 is 6.09 Å². The van der Waals surface area contributed by atoms with E-state index in [2.05, 4.69) is 10.6 Å². The Balaban J connectivity index is 0.0000101. The third-order valence-corrected chi connectivity index (χ3v) is 7.65. The summed E-state index contributed by atoms with van der Waals surface area (Å²) in [5, 5.41) is 17.0. The molecule has 252 valence electrons. The van der Waals surface area contributed by atoms with Crippen LogP contribution in [0.5, 0.6) is 0 Å². The number of ketones is 2. The third-order valence-electron chi connectivity index (χ3n) is 7.65. The molecule has 0 saturated carbocycles. The summed E-state index contributed by atoms with van der Waals surface area (Å²) in [6.07, 6.45) is 3.88. The Labute approximate surface area is 272 Å². The first-order valence-electron chi connectivity index (χ1n) is 14.7. The molecule has 5 N–H and O–H groups in total. The van der Waals surface area contributed by atoms with Crippen molar-refractivity contribution in [3.05, 3.63) is 58.5 Å². The van der Waals surface area contributed by atoms with E-state index in [0.717, 1.165) is 6.08 Å². The number of aliphatic hydroxyl groups is 1. The number of nitrogens with zero attached hydrogens (tertiary/aromatic N) is 1. The summed E-state index contributed by atoms with van der Waals surface area (Å²) in [6, 6.07) is 0. The molecule has 2 amide bonds. The smallest absolute Gasteiger partial charge is 0.405 e. The van der Waals surface area contributed by atoms with E-state index in [9.17, 15) is 24.3 Å². The predicted molar refractivity (Wildman–Crippen MR) is 173 cm³/mol. The highest BCUT2D eigenvalue weighted by Gasteiger charge is 2.33. The van der Waals surface area contributed by atoms with Gasteiger partial charge in [0.05, 0.1) is 23.6 Å². The maximum atomic E-state index is 13.7. The minimum absolute atomic E-state index is 0. The Bertz CT molecular complexity index is 1240. The summed E-state index contributed by atoms with van der Waals surface area (Å²) in [6.45, 7) is 8.09. The van der Waals surface area contributed by atoms with Crippen molar-refractivity contribution in [1.29, 1.82) is 0 Å². The number of methoxy groups -OCH3 is 2. The number of hydrogen-bond donors (Lipinski definition) is 4. The molecule has 0 aromatic heterocycles. The quantitative estimate of drug-likeness (QED) is 0.237. The van der Waals surface area contributed by atoms with Crippen LogP contribution < -0.4 is 16.4 Å². The normalized spacial score (nSPS) is 30.3. The molecule has 1 heterocycles. The zero-order valence-electron chi connectivity index (χ0n) is 27.4. The maximum absolute atomic E-state index is 13.7. The van der Waals surface area contributed by atoms with Crippen LogP contribution >= 0.6 is 12.4 Å². The first-order chi connectivity index (χ1) is 20.7. The number of amides is 2. The highest BCUT2D eigenvalue weighted by atomic mass is 35.5. The molecule has 0 aromatic carbocycles. The number of carbonyl (C=O) groups is 4. The van der Waals surface area contributed by atoms with Crippen molar-refractivity contribution >= 4 is 36.0 Å². The van der Waals surface area contributed by atoms with Gasteiger partial charge in [-0.25, -0.2) is 4.79 Å². The Kier molecular flexibility index (Phi) is 16.4. The molecule has 0 aromatic rings. The van der Waals surface area contributed by atoms with Crippen LogP contribution in [0.2, 0.25) is 0 Å². The van der Waals surface area contributed by atoms with Crippen molar-refractivity contribution in [2.24, 2.45) is 17.6 Å². The number of likely N-dealkylation sites (N-methyl/N-ethyl adjacent to an activating group) is 1. The SMILES string of the molecule is CO[C@H]1/C=C\C=C(/C)C(=O)NC2=CC(=O)C(NCCN(C)C)=C(C[C@@H](C)C[C@H](OC)[C@H](O)[C@@H](C)/C=C(\C)C1OC(N)=O)C2=O.Cl. The number of hydrogen-bond acceptors (Lipinski definition) is 10. The van der Waals surface area contributed by atoms with E-state index >= 15 is 0 Å². The van der Waals surface area contributed by atoms with E-state index in [0.29, 0.717) is 25.1 Å². The average Bonchev–Trinajstić information content (AvgIpc) is 2.95. The van der Waals surface area contributed by atoms with Crippen molar-refractivity contribution in [3.8, 4) is 0 Å². The van der Waals surface area contributed by atoms with Crippen LogP contribution in [0.25, 0.3) is 0 Å². The molecular formula is C32H49ClN4O8. The summed E-state index contributed by atoms with van der Waals surface area (Å²) in [5.74, 6) is -2.06. The van der Waals surface area contributed by atoms with E-state index in [1.54, 1.807) is 32.1 Å². The van der Waals surface area contributed by atoms with Crippen molar-refractivity contribution < 1.29 is 38.5 Å². The lowest BCUT2D eigenvalue weighted by atomic mass is 9.85. The van der Waals surface area contributed by atoms with E-state index in [4.69, 9.17) is 19.9 Å². The molecule has 2 aliphatic rings. The van der Waals surface area contributed by atoms with Gasteiger partial charge in [-0.2, -0.15) is 0 Å². The molecule has 1 aliphatic carbocycles. The number of Topliss-reactive ketones (excluding diaryl/α,β-unsaturated/α-hetero) is 1. The van der Waals surface area contributed by atoms with E-state index in [-0.39, 0.29) is 47.3 Å². The molecule has 45 heavy (non-hydrogen) atoms. The highest BCUT2D eigenvalue weighted by molar-refractivity contribution is 6.23. The molecular weight excluding hydrogens is 604 g/mol. The van der Waals surface area contributed by atoms with Crippen molar-refractivity contribution in [2.45, 2.75) is 65.0 Å². The number of primary amides is 1. The van der Waals surface area contributed by atoms with Crippen LogP contribution in [0.15, 0.2) is 58.5 Å². The van der Waals surface area contributed by atoms with Crippen LogP contribution in [0.4, 0.5) is 4.79 Å². The Morgan fingerprint density at radius 2 is 1.82 bits per heavy atom. The minimum atomic E-state index is -0.997. The largest absolute Gasteiger partial charge is 0.439 e. The fourth-order valence-corrected chi connectivity index (χ4v) is 5.18. The van der Waals surface area contributed by atoms with Crippen molar-refractivity contribution in [3.63, 3.8) is 0 Å². The maximum Gasteiger partial charge on any atom is 0.405 e. The number of fused-ring (bicyclic) bond motifs is 2. The monoisotopic (exact) mass is 652 g/mol. The number of carbonyl (C=O) groups excluding carboxylic acids is 4. The fraction of sp³-hybridized carbons (Fsp3) is 0.562. The summed E-state index contributed by atoms with van der Waals surface area (Å²) in [4.78, 5) is 53.7. The summed E-state index contributed by atoms with van der Waals surface area (Å²) >= 11 is 0. The molecule has 6 atom stereocenters. The first kappa shape index (κ1) is 39.7. The molecule has 1 aliphatic heterocycles. The van der Waals surface area contributed by atoms with Crippen molar-refractivity contribution in [2.75, 3.05) is 41.4 Å². The second kappa shape index (κ2) is 18.6. The predicted octanol–water partition coefficient (Wildman–Crippen LogP) is 2.34. The number of nitrogens with two attached hydrogens (primary N) is 1. The van der Waals surface area contributed by atoms with Crippen LogP contribution in [-0.4, -0.2) is 99.4 Å². The molecule has 12 nitrogen and oxygen atoms in total. The van der Waals surface area contributed by atoms with Gasteiger partial charge in [0.2, 0.25) is 11.6 Å². The molecule has 0 fully saturated rings. The second-order valence-corrected chi connectivity index (χ2v) is 11.7. The van der Waals surface area contributed by atoms with Crippen LogP contribution in [0.1, 0.15) is 40.5 Å². The molecule has 0 spiro atoms. The lowest BCUT2D eigenvalue weighted by Gasteiger charge is -2.30. The van der Waals surface area contributed by atoms with Gasteiger partial charge in [-0.05, 0) is 52.3 Å². The minimum Gasteiger partial charge on any atom is -0.439 e.